The predicted molar refractivity (Wildman–Crippen MR) is 69.4 cm³/mol. The third kappa shape index (κ3) is 1.39. The maximum Gasteiger partial charge on any atom is 0.128 e. The second kappa shape index (κ2) is 3.50. The normalized spacial score (nSPS) is 17.4. The lowest BCUT2D eigenvalue weighted by atomic mass is 9.95. The number of fused-ring (bicyclic) bond motifs is 1. The number of aryl methyl sites for hydroxylation is 1. The zero-order valence-corrected chi connectivity index (χ0v) is 10.4. The molecule has 0 aliphatic heterocycles. The second-order valence-electron chi connectivity index (χ2n) is 4.99. The van der Waals surface area contributed by atoms with Gasteiger partial charge in [0.15, 0.2) is 0 Å². The van der Waals surface area contributed by atoms with E-state index in [1.54, 1.807) is 7.11 Å². The van der Waals surface area contributed by atoms with E-state index in [1.165, 1.54) is 29.3 Å². The van der Waals surface area contributed by atoms with Crippen LogP contribution in [0, 0.1) is 0 Å². The molecule has 1 fully saturated rings. The molecular weight excluding hydrogens is 212 g/mol. The van der Waals surface area contributed by atoms with Gasteiger partial charge in [0.1, 0.15) is 5.75 Å². The smallest absolute Gasteiger partial charge is 0.128 e. The van der Waals surface area contributed by atoms with Crippen molar-refractivity contribution in [3.05, 3.63) is 30.0 Å². The number of ether oxygens (including phenoxy) is 1. The number of aromatic nitrogens is 1. The molecule has 1 aromatic carbocycles. The Bertz CT molecular complexity index is 567. The summed E-state index contributed by atoms with van der Waals surface area (Å²) in [4.78, 5) is 0. The molecule has 1 aromatic heterocycles. The number of benzene rings is 1. The summed E-state index contributed by atoms with van der Waals surface area (Å²) in [6, 6.07) is 6.19. The van der Waals surface area contributed by atoms with Gasteiger partial charge in [-0.1, -0.05) is 6.07 Å². The van der Waals surface area contributed by atoms with Gasteiger partial charge < -0.3 is 15.0 Å². The molecule has 1 aliphatic carbocycles. The quantitative estimate of drug-likeness (QED) is 0.878. The summed E-state index contributed by atoms with van der Waals surface area (Å²) in [5.74, 6) is 0.956. The Kier molecular flexibility index (Phi) is 2.20. The lowest BCUT2D eigenvalue weighted by Gasteiger charge is -2.12. The van der Waals surface area contributed by atoms with E-state index < -0.39 is 0 Å². The molecule has 1 saturated carbocycles. The van der Waals surface area contributed by atoms with Crippen molar-refractivity contribution in [2.75, 3.05) is 13.7 Å². The number of nitrogens with two attached hydrogens (primary N) is 1. The minimum absolute atomic E-state index is 0.203. The van der Waals surface area contributed by atoms with Crippen LogP contribution in [0.1, 0.15) is 18.4 Å². The van der Waals surface area contributed by atoms with Crippen molar-refractivity contribution in [1.29, 1.82) is 0 Å². The van der Waals surface area contributed by atoms with Gasteiger partial charge in [-0.2, -0.15) is 0 Å². The zero-order chi connectivity index (χ0) is 12.0. The third-order valence-corrected chi connectivity index (χ3v) is 4.01. The molecule has 3 heteroatoms. The first-order chi connectivity index (χ1) is 8.22. The molecule has 0 saturated heterocycles. The summed E-state index contributed by atoms with van der Waals surface area (Å²) in [5.41, 5.74) is 8.72. The van der Waals surface area contributed by atoms with Crippen LogP contribution in [0.5, 0.6) is 5.75 Å². The highest BCUT2D eigenvalue weighted by Gasteiger charge is 2.45. The van der Waals surface area contributed by atoms with E-state index in [0.717, 1.165) is 12.3 Å². The fraction of sp³-hybridized carbons (Fsp3) is 0.429. The van der Waals surface area contributed by atoms with Crippen molar-refractivity contribution in [3.8, 4) is 5.75 Å². The summed E-state index contributed by atoms with van der Waals surface area (Å²) in [7, 11) is 3.81. The van der Waals surface area contributed by atoms with Gasteiger partial charge in [-0.3, -0.25) is 0 Å². The largest absolute Gasteiger partial charge is 0.496 e. The van der Waals surface area contributed by atoms with Gasteiger partial charge in [-0.25, -0.2) is 0 Å². The summed E-state index contributed by atoms with van der Waals surface area (Å²) < 4.78 is 7.66. The topological polar surface area (TPSA) is 40.2 Å². The van der Waals surface area contributed by atoms with Gasteiger partial charge in [0, 0.05) is 30.6 Å². The van der Waals surface area contributed by atoms with Gasteiger partial charge >= 0.3 is 0 Å². The second-order valence-corrected chi connectivity index (χ2v) is 4.99. The van der Waals surface area contributed by atoms with Crippen LogP contribution in [0.4, 0.5) is 0 Å². The van der Waals surface area contributed by atoms with Gasteiger partial charge in [-0.15, -0.1) is 0 Å². The van der Waals surface area contributed by atoms with Gasteiger partial charge in [0.05, 0.1) is 12.6 Å². The third-order valence-electron chi connectivity index (χ3n) is 4.01. The van der Waals surface area contributed by atoms with Crippen molar-refractivity contribution >= 4 is 10.9 Å². The van der Waals surface area contributed by atoms with E-state index in [9.17, 15) is 0 Å². The first kappa shape index (κ1) is 10.7. The fourth-order valence-corrected chi connectivity index (χ4v) is 2.72. The Hall–Kier alpha value is -1.48. The van der Waals surface area contributed by atoms with Crippen LogP contribution < -0.4 is 10.5 Å². The molecular formula is C14H18N2O. The summed E-state index contributed by atoms with van der Waals surface area (Å²) in [6.07, 6.45) is 4.61. The van der Waals surface area contributed by atoms with Crippen LogP contribution in [0.3, 0.4) is 0 Å². The van der Waals surface area contributed by atoms with Crippen LogP contribution in [-0.2, 0) is 12.5 Å². The van der Waals surface area contributed by atoms with Gasteiger partial charge in [0.25, 0.3) is 0 Å². The number of methoxy groups -OCH3 is 1. The molecule has 0 spiro atoms. The molecule has 1 aliphatic rings. The predicted octanol–water partition coefficient (Wildman–Crippen LogP) is 2.18. The highest BCUT2D eigenvalue weighted by Crippen LogP contribution is 2.51. The molecule has 17 heavy (non-hydrogen) atoms. The standard InChI is InChI=1S/C14H18N2O/c1-16-8-10(14(9-15)6-7-14)13-11(16)4-3-5-12(13)17-2/h3-5,8H,6-7,9,15H2,1-2H3. The molecule has 0 radical (unpaired) electrons. The lowest BCUT2D eigenvalue weighted by Crippen LogP contribution is -2.19. The summed E-state index contributed by atoms with van der Waals surface area (Å²) in [6.45, 7) is 0.726. The van der Waals surface area contributed by atoms with E-state index in [1.807, 2.05) is 12.1 Å². The van der Waals surface area contributed by atoms with Crippen LogP contribution in [0.15, 0.2) is 24.4 Å². The first-order valence-corrected chi connectivity index (χ1v) is 6.04. The zero-order valence-electron chi connectivity index (χ0n) is 10.4. The molecule has 1 heterocycles. The molecule has 0 unspecified atom stereocenters. The Morgan fingerprint density at radius 3 is 2.76 bits per heavy atom. The van der Waals surface area contributed by atoms with E-state index in [-0.39, 0.29) is 5.41 Å². The van der Waals surface area contributed by atoms with Crippen molar-refractivity contribution in [3.63, 3.8) is 0 Å². The van der Waals surface area contributed by atoms with E-state index in [4.69, 9.17) is 10.5 Å². The van der Waals surface area contributed by atoms with Gasteiger partial charge in [0.2, 0.25) is 0 Å². The fourth-order valence-electron chi connectivity index (χ4n) is 2.72. The highest BCUT2D eigenvalue weighted by atomic mass is 16.5. The molecule has 90 valence electrons. The number of rotatable bonds is 3. The van der Waals surface area contributed by atoms with Crippen LogP contribution in [0.25, 0.3) is 10.9 Å². The maximum atomic E-state index is 5.94. The monoisotopic (exact) mass is 230 g/mol. The van der Waals surface area contributed by atoms with Crippen molar-refractivity contribution in [1.82, 2.24) is 4.57 Å². The minimum Gasteiger partial charge on any atom is -0.496 e. The van der Waals surface area contributed by atoms with E-state index in [0.29, 0.717) is 0 Å². The molecule has 3 rings (SSSR count). The summed E-state index contributed by atoms with van der Waals surface area (Å²) >= 11 is 0. The minimum atomic E-state index is 0.203. The van der Waals surface area contributed by atoms with E-state index in [2.05, 4.69) is 23.9 Å². The Labute approximate surface area is 101 Å². The first-order valence-electron chi connectivity index (χ1n) is 6.04. The molecule has 3 nitrogen and oxygen atoms in total. The lowest BCUT2D eigenvalue weighted by molar-refractivity contribution is 0.419. The van der Waals surface area contributed by atoms with Crippen LogP contribution >= 0.6 is 0 Å². The van der Waals surface area contributed by atoms with Crippen molar-refractivity contribution in [2.24, 2.45) is 12.8 Å². The molecule has 0 bridgehead atoms. The SMILES string of the molecule is COc1cccc2c1c(C1(CN)CC1)cn2C. The average Bonchev–Trinajstić information content (AvgIpc) is 3.09. The summed E-state index contributed by atoms with van der Waals surface area (Å²) in [5, 5.41) is 1.24. The van der Waals surface area contributed by atoms with Crippen LogP contribution in [0.2, 0.25) is 0 Å². The molecule has 0 amide bonds. The molecule has 2 aromatic rings. The van der Waals surface area contributed by atoms with Gasteiger partial charge in [-0.05, 0) is 30.5 Å². The Morgan fingerprint density at radius 2 is 2.18 bits per heavy atom. The highest BCUT2D eigenvalue weighted by molar-refractivity contribution is 5.91. The Balaban J connectivity index is 2.32. The number of hydrogen-bond acceptors (Lipinski definition) is 2. The number of hydrogen-bond donors (Lipinski definition) is 1. The molecule has 2 N–H and O–H groups in total. The average molecular weight is 230 g/mol. The van der Waals surface area contributed by atoms with E-state index >= 15 is 0 Å². The van der Waals surface area contributed by atoms with Crippen molar-refractivity contribution in [2.45, 2.75) is 18.3 Å². The van der Waals surface area contributed by atoms with Crippen LogP contribution in [-0.4, -0.2) is 18.2 Å². The van der Waals surface area contributed by atoms with Crippen molar-refractivity contribution < 1.29 is 4.74 Å². The maximum absolute atomic E-state index is 5.94. The Morgan fingerprint density at radius 1 is 1.41 bits per heavy atom. The number of nitrogens with zero attached hydrogens (tertiary/aromatic N) is 1. The molecule has 0 atom stereocenters.